The first-order chi connectivity index (χ1) is 9.52. The number of halogens is 2. The normalized spacial score (nSPS) is 10.3. The Morgan fingerprint density at radius 3 is 2.50 bits per heavy atom. The van der Waals surface area contributed by atoms with Crippen molar-refractivity contribution in [2.45, 2.75) is 6.54 Å². The summed E-state index contributed by atoms with van der Waals surface area (Å²) in [5.74, 6) is -0.592. The Hall–Kier alpha value is -1.78. The van der Waals surface area contributed by atoms with Gasteiger partial charge in [0.1, 0.15) is 5.69 Å². The lowest BCUT2D eigenvalue weighted by Crippen LogP contribution is -2.18. The molecule has 2 rings (SSSR count). The molecule has 0 N–H and O–H groups in total. The number of hydrogen-bond donors (Lipinski definition) is 0. The average Bonchev–Trinajstić information content (AvgIpc) is 2.43. The number of methoxy groups -OCH3 is 1. The van der Waals surface area contributed by atoms with Gasteiger partial charge in [-0.1, -0.05) is 29.3 Å². The van der Waals surface area contributed by atoms with E-state index >= 15 is 0 Å². The van der Waals surface area contributed by atoms with E-state index in [0.29, 0.717) is 15.6 Å². The molecule has 0 radical (unpaired) electrons. The second kappa shape index (κ2) is 6.11. The summed E-state index contributed by atoms with van der Waals surface area (Å²) in [5.41, 5.74) is 0.549. The van der Waals surface area contributed by atoms with Gasteiger partial charge in [0.05, 0.1) is 13.7 Å². The second-order valence-electron chi connectivity index (χ2n) is 4.07. The van der Waals surface area contributed by atoms with E-state index in [9.17, 15) is 9.59 Å². The van der Waals surface area contributed by atoms with Crippen molar-refractivity contribution >= 4 is 29.2 Å². The number of carbonyl (C=O) groups is 1. The first-order valence-electron chi connectivity index (χ1n) is 5.74. The number of hydrogen-bond acceptors (Lipinski definition) is 3. The highest BCUT2D eigenvalue weighted by atomic mass is 35.5. The van der Waals surface area contributed by atoms with Crippen LogP contribution in [0.3, 0.4) is 0 Å². The Kier molecular flexibility index (Phi) is 4.47. The van der Waals surface area contributed by atoms with Crippen molar-refractivity contribution in [1.29, 1.82) is 0 Å². The maximum absolute atomic E-state index is 11.7. The summed E-state index contributed by atoms with van der Waals surface area (Å²) in [7, 11) is 1.26. The highest BCUT2D eigenvalue weighted by Crippen LogP contribution is 2.25. The SMILES string of the molecule is COC(=O)c1cc(=O)ccn1Cc1c(Cl)cccc1Cl. The number of benzene rings is 1. The van der Waals surface area contributed by atoms with Crippen LogP contribution in [0, 0.1) is 0 Å². The molecule has 20 heavy (non-hydrogen) atoms. The van der Waals surface area contributed by atoms with E-state index in [1.54, 1.807) is 22.8 Å². The van der Waals surface area contributed by atoms with Crippen LogP contribution in [0.2, 0.25) is 10.0 Å². The van der Waals surface area contributed by atoms with Crippen molar-refractivity contribution in [2.75, 3.05) is 7.11 Å². The van der Waals surface area contributed by atoms with Crippen LogP contribution in [0.5, 0.6) is 0 Å². The smallest absolute Gasteiger partial charge is 0.354 e. The van der Waals surface area contributed by atoms with E-state index in [2.05, 4.69) is 4.74 Å². The summed E-state index contributed by atoms with van der Waals surface area (Å²) in [5, 5.41) is 0.985. The van der Waals surface area contributed by atoms with Crippen LogP contribution in [-0.2, 0) is 11.3 Å². The van der Waals surface area contributed by atoms with Gasteiger partial charge in [-0.25, -0.2) is 4.79 Å². The zero-order valence-corrected chi connectivity index (χ0v) is 12.1. The monoisotopic (exact) mass is 311 g/mol. The molecule has 1 heterocycles. The molecule has 1 aromatic heterocycles. The minimum atomic E-state index is -0.592. The predicted octanol–water partition coefficient (Wildman–Crippen LogP) is 2.99. The number of aromatic nitrogens is 1. The van der Waals surface area contributed by atoms with Gasteiger partial charge in [-0.3, -0.25) is 4.79 Å². The molecule has 1 aromatic carbocycles. The Balaban J connectivity index is 2.49. The van der Waals surface area contributed by atoms with Gasteiger partial charge in [-0.2, -0.15) is 0 Å². The molecule has 0 aliphatic rings. The number of pyridine rings is 1. The molecule has 0 aliphatic carbocycles. The van der Waals surface area contributed by atoms with Crippen LogP contribution in [0.25, 0.3) is 0 Å². The highest BCUT2D eigenvalue weighted by molar-refractivity contribution is 6.35. The van der Waals surface area contributed by atoms with Crippen molar-refractivity contribution < 1.29 is 9.53 Å². The van der Waals surface area contributed by atoms with E-state index in [1.807, 2.05) is 0 Å². The largest absolute Gasteiger partial charge is 0.464 e. The molecule has 0 unspecified atom stereocenters. The number of esters is 1. The Labute approximate surface area is 125 Å². The molecule has 0 bridgehead atoms. The fraction of sp³-hybridized carbons (Fsp3) is 0.143. The molecule has 4 nitrogen and oxygen atoms in total. The number of nitrogens with zero attached hydrogens (tertiary/aromatic N) is 1. The van der Waals surface area contributed by atoms with Crippen molar-refractivity contribution in [2.24, 2.45) is 0 Å². The second-order valence-corrected chi connectivity index (χ2v) is 4.88. The van der Waals surface area contributed by atoms with Gasteiger partial charge in [0.25, 0.3) is 0 Å². The number of rotatable bonds is 3. The molecule has 0 saturated carbocycles. The lowest BCUT2D eigenvalue weighted by Gasteiger charge is -2.13. The van der Waals surface area contributed by atoms with Gasteiger partial charge in [0.2, 0.25) is 0 Å². The fourth-order valence-electron chi connectivity index (χ4n) is 1.78. The number of carbonyl (C=O) groups excluding carboxylic acids is 1. The van der Waals surface area contributed by atoms with Gasteiger partial charge in [0.15, 0.2) is 5.43 Å². The van der Waals surface area contributed by atoms with E-state index in [1.165, 1.54) is 25.4 Å². The van der Waals surface area contributed by atoms with Crippen molar-refractivity contribution in [3.63, 3.8) is 0 Å². The lowest BCUT2D eigenvalue weighted by atomic mass is 10.2. The Morgan fingerprint density at radius 2 is 1.90 bits per heavy atom. The molecule has 0 aliphatic heterocycles. The number of ether oxygens (including phenoxy) is 1. The molecule has 0 saturated heterocycles. The van der Waals surface area contributed by atoms with Gasteiger partial charge in [0, 0.05) is 33.9 Å². The van der Waals surface area contributed by atoms with E-state index in [0.717, 1.165) is 0 Å². The van der Waals surface area contributed by atoms with Crippen molar-refractivity contribution in [3.8, 4) is 0 Å². The first-order valence-corrected chi connectivity index (χ1v) is 6.50. The molecule has 6 heteroatoms. The van der Waals surface area contributed by atoms with Crippen LogP contribution < -0.4 is 5.43 Å². The predicted molar refractivity (Wildman–Crippen MR) is 77.6 cm³/mol. The topological polar surface area (TPSA) is 48.3 Å². The van der Waals surface area contributed by atoms with Crippen molar-refractivity contribution in [1.82, 2.24) is 4.57 Å². The van der Waals surface area contributed by atoms with Crippen LogP contribution >= 0.6 is 23.2 Å². The van der Waals surface area contributed by atoms with Crippen molar-refractivity contribution in [3.05, 3.63) is 68.1 Å². The molecule has 0 amide bonds. The average molecular weight is 312 g/mol. The minimum Gasteiger partial charge on any atom is -0.464 e. The molecular formula is C14H11Cl2NO3. The molecule has 0 atom stereocenters. The van der Waals surface area contributed by atoms with E-state index in [-0.39, 0.29) is 17.7 Å². The maximum Gasteiger partial charge on any atom is 0.354 e. The summed E-state index contributed by atoms with van der Waals surface area (Å²) in [6, 6.07) is 7.74. The van der Waals surface area contributed by atoms with Crippen LogP contribution in [0.15, 0.2) is 41.3 Å². The molecule has 0 spiro atoms. The summed E-state index contributed by atoms with van der Waals surface area (Å²) in [4.78, 5) is 23.1. The van der Waals surface area contributed by atoms with E-state index in [4.69, 9.17) is 23.2 Å². The summed E-state index contributed by atoms with van der Waals surface area (Å²) < 4.78 is 6.24. The Morgan fingerprint density at radius 1 is 1.25 bits per heavy atom. The molecule has 2 aromatic rings. The third-order valence-electron chi connectivity index (χ3n) is 2.79. The highest BCUT2D eigenvalue weighted by Gasteiger charge is 2.13. The van der Waals surface area contributed by atoms with Crippen LogP contribution in [0.4, 0.5) is 0 Å². The fourth-order valence-corrected chi connectivity index (χ4v) is 2.30. The van der Waals surface area contributed by atoms with Gasteiger partial charge in [-0.05, 0) is 12.1 Å². The van der Waals surface area contributed by atoms with Crippen LogP contribution in [0.1, 0.15) is 16.1 Å². The molecule has 0 fully saturated rings. The maximum atomic E-state index is 11.7. The zero-order chi connectivity index (χ0) is 14.7. The van der Waals surface area contributed by atoms with Gasteiger partial charge < -0.3 is 9.30 Å². The van der Waals surface area contributed by atoms with Crippen LogP contribution in [-0.4, -0.2) is 17.6 Å². The van der Waals surface area contributed by atoms with E-state index < -0.39 is 5.97 Å². The third kappa shape index (κ3) is 3.03. The molecular weight excluding hydrogens is 301 g/mol. The summed E-state index contributed by atoms with van der Waals surface area (Å²) in [6.07, 6.45) is 1.51. The first kappa shape index (κ1) is 14.6. The van der Waals surface area contributed by atoms with Gasteiger partial charge in [-0.15, -0.1) is 0 Å². The lowest BCUT2D eigenvalue weighted by molar-refractivity contribution is 0.0587. The third-order valence-corrected chi connectivity index (χ3v) is 3.50. The zero-order valence-electron chi connectivity index (χ0n) is 10.6. The quantitative estimate of drug-likeness (QED) is 0.819. The van der Waals surface area contributed by atoms with Gasteiger partial charge >= 0.3 is 5.97 Å². The standard InChI is InChI=1S/C14H11Cl2NO3/c1-20-14(19)13-7-9(18)5-6-17(13)8-10-11(15)3-2-4-12(10)16/h2-7H,8H2,1H3. The molecule has 104 valence electrons. The Bertz CT molecular complexity index is 690. The summed E-state index contributed by atoms with van der Waals surface area (Å²) in [6.45, 7) is 0.267. The minimum absolute atomic E-state index is 0.149. The summed E-state index contributed by atoms with van der Waals surface area (Å²) >= 11 is 12.2.